The van der Waals surface area contributed by atoms with E-state index in [1.807, 2.05) is 0 Å². The third kappa shape index (κ3) is 3.67. The second-order valence-electron chi connectivity index (χ2n) is 7.99. The molecule has 3 aliphatic heterocycles. The quantitative estimate of drug-likeness (QED) is 0.586. The minimum Gasteiger partial charge on any atom is -0.378 e. The van der Waals surface area contributed by atoms with E-state index in [1.165, 1.54) is 34.4 Å². The van der Waals surface area contributed by atoms with Crippen molar-refractivity contribution in [1.29, 1.82) is 0 Å². The lowest BCUT2D eigenvalue weighted by molar-refractivity contribution is 0.281. The number of allylic oxidation sites excluding steroid dienone is 1. The average molecular weight is 426 g/mol. The van der Waals surface area contributed by atoms with Crippen molar-refractivity contribution >= 4 is 28.6 Å². The van der Waals surface area contributed by atoms with E-state index >= 15 is 0 Å². The van der Waals surface area contributed by atoms with Crippen LogP contribution in [0.3, 0.4) is 0 Å². The van der Waals surface area contributed by atoms with Gasteiger partial charge in [0.1, 0.15) is 5.82 Å². The van der Waals surface area contributed by atoms with E-state index in [0.29, 0.717) is 10.7 Å². The summed E-state index contributed by atoms with van der Waals surface area (Å²) in [6, 6.07) is 11.4. The molecule has 0 amide bonds. The normalized spacial score (nSPS) is 20.8. The molecule has 3 heterocycles. The fourth-order valence-electron chi connectivity index (χ4n) is 4.54. The van der Waals surface area contributed by atoms with Gasteiger partial charge in [-0.2, -0.15) is 0 Å². The molecule has 7 heteroatoms. The zero-order valence-corrected chi connectivity index (χ0v) is 17.6. The first-order valence-electron chi connectivity index (χ1n) is 10.4. The van der Waals surface area contributed by atoms with E-state index in [9.17, 15) is 4.39 Å². The maximum absolute atomic E-state index is 13.9. The van der Waals surface area contributed by atoms with Crippen LogP contribution in [0.25, 0.3) is 11.3 Å². The van der Waals surface area contributed by atoms with Crippen LogP contribution >= 0.6 is 11.6 Å². The van der Waals surface area contributed by atoms with Crippen LogP contribution in [0.15, 0.2) is 48.2 Å². The number of nitrogens with one attached hydrogen (secondary N) is 4. The zero-order valence-electron chi connectivity index (χ0n) is 16.9. The number of hydrazine groups is 2. The zero-order chi connectivity index (χ0) is 20.7. The Morgan fingerprint density at radius 3 is 2.90 bits per heavy atom. The Balaban J connectivity index is 1.59. The molecule has 4 N–H and O–H groups in total. The average Bonchev–Trinajstić information content (AvgIpc) is 3.03. The van der Waals surface area contributed by atoms with Crippen LogP contribution in [-0.4, -0.2) is 24.6 Å². The summed E-state index contributed by atoms with van der Waals surface area (Å²) in [7, 11) is 0. The van der Waals surface area contributed by atoms with Crippen molar-refractivity contribution in [3.8, 4) is 0 Å². The van der Waals surface area contributed by atoms with Crippen LogP contribution in [0.2, 0.25) is 5.02 Å². The lowest BCUT2D eigenvalue weighted by Gasteiger charge is -2.23. The Morgan fingerprint density at radius 2 is 2.10 bits per heavy atom. The Hall–Kier alpha value is -2.54. The summed E-state index contributed by atoms with van der Waals surface area (Å²) in [5.41, 5.74) is 14.5. The van der Waals surface area contributed by atoms with Crippen molar-refractivity contribution in [3.63, 3.8) is 0 Å². The number of fused-ring (bicyclic) bond motifs is 3. The summed E-state index contributed by atoms with van der Waals surface area (Å²) in [6.07, 6.45) is 4.15. The topological polar surface area (TPSA) is 51.4 Å². The minimum absolute atomic E-state index is 0.0350. The van der Waals surface area contributed by atoms with Gasteiger partial charge in [-0.15, -0.1) is 5.53 Å². The maximum Gasteiger partial charge on any atom is 0.126 e. The van der Waals surface area contributed by atoms with Crippen molar-refractivity contribution in [2.75, 3.05) is 25.0 Å². The molecule has 0 aromatic heterocycles. The predicted octanol–water partition coefficient (Wildman–Crippen LogP) is 4.43. The molecule has 0 bridgehead atoms. The van der Waals surface area contributed by atoms with Gasteiger partial charge in [0.25, 0.3) is 0 Å². The summed E-state index contributed by atoms with van der Waals surface area (Å²) >= 11 is 6.10. The van der Waals surface area contributed by atoms with E-state index < -0.39 is 0 Å². The van der Waals surface area contributed by atoms with Crippen molar-refractivity contribution < 1.29 is 4.39 Å². The first-order chi connectivity index (χ1) is 14.6. The van der Waals surface area contributed by atoms with Gasteiger partial charge in [0.05, 0.1) is 17.4 Å². The highest BCUT2D eigenvalue weighted by atomic mass is 35.5. The minimum atomic E-state index is -0.336. The van der Waals surface area contributed by atoms with Gasteiger partial charge in [0.2, 0.25) is 0 Å². The summed E-state index contributed by atoms with van der Waals surface area (Å²) in [4.78, 5) is 0. The molecule has 2 aromatic carbocycles. The summed E-state index contributed by atoms with van der Waals surface area (Å²) < 4.78 is 13.9. The van der Waals surface area contributed by atoms with Gasteiger partial charge < -0.3 is 16.1 Å². The molecule has 0 saturated heterocycles. The molecular weight excluding hydrogens is 401 g/mol. The lowest BCUT2D eigenvalue weighted by Crippen LogP contribution is -2.37. The summed E-state index contributed by atoms with van der Waals surface area (Å²) in [5, 5.41) is 9.46. The molecule has 1 unspecified atom stereocenters. The fourth-order valence-corrected chi connectivity index (χ4v) is 4.76. The molecule has 0 saturated carbocycles. The summed E-state index contributed by atoms with van der Waals surface area (Å²) in [6.45, 7) is 4.80. The number of hydrogen-bond donors (Lipinski definition) is 4. The van der Waals surface area contributed by atoms with Crippen molar-refractivity contribution in [1.82, 2.24) is 21.3 Å². The van der Waals surface area contributed by atoms with Crippen LogP contribution in [-0.2, 0) is 0 Å². The van der Waals surface area contributed by atoms with Crippen LogP contribution in [0.5, 0.6) is 0 Å². The van der Waals surface area contributed by atoms with E-state index in [-0.39, 0.29) is 11.9 Å². The van der Waals surface area contributed by atoms with Crippen LogP contribution in [0.1, 0.15) is 42.5 Å². The molecule has 156 valence electrons. The highest BCUT2D eigenvalue weighted by Crippen LogP contribution is 2.39. The number of halogens is 2. The smallest absolute Gasteiger partial charge is 0.126 e. The highest BCUT2D eigenvalue weighted by Gasteiger charge is 2.30. The molecule has 2 aromatic rings. The van der Waals surface area contributed by atoms with Gasteiger partial charge in [-0.25, -0.2) is 4.39 Å². The molecule has 3 aliphatic rings. The number of rotatable bonds is 3. The standard InChI is InChI=1S/C23H25ClFN5/c1-14-23-20-3-2-16(15-4-7-26-8-5-15)10-21(20)22(6-9-30(23)29-28-14)27-19-12-17(24)11-18(25)13-19/h2-4,10-13,22,26-29H,5-9H2,1H3. The Morgan fingerprint density at radius 1 is 1.20 bits per heavy atom. The van der Waals surface area contributed by atoms with E-state index in [0.717, 1.165) is 43.9 Å². The van der Waals surface area contributed by atoms with Gasteiger partial charge in [-0.05, 0) is 67.3 Å². The van der Waals surface area contributed by atoms with Crippen molar-refractivity contribution in [2.24, 2.45) is 0 Å². The Labute approximate surface area is 180 Å². The molecule has 30 heavy (non-hydrogen) atoms. The third-order valence-corrected chi connectivity index (χ3v) is 6.18. The molecule has 5 rings (SSSR count). The van der Waals surface area contributed by atoms with E-state index in [2.05, 4.69) is 57.8 Å². The summed E-state index contributed by atoms with van der Waals surface area (Å²) in [5.74, 6) is -0.336. The maximum atomic E-state index is 13.9. The monoisotopic (exact) mass is 425 g/mol. The van der Waals surface area contributed by atoms with Crippen LogP contribution < -0.4 is 21.6 Å². The van der Waals surface area contributed by atoms with Gasteiger partial charge >= 0.3 is 0 Å². The van der Waals surface area contributed by atoms with Gasteiger partial charge in [-0.1, -0.05) is 29.8 Å². The van der Waals surface area contributed by atoms with Gasteiger partial charge in [-0.3, -0.25) is 5.01 Å². The first-order valence-corrected chi connectivity index (χ1v) is 10.7. The lowest BCUT2D eigenvalue weighted by atomic mass is 9.91. The molecule has 1 atom stereocenters. The van der Waals surface area contributed by atoms with Crippen LogP contribution in [0.4, 0.5) is 10.1 Å². The number of hydrogen-bond acceptors (Lipinski definition) is 5. The van der Waals surface area contributed by atoms with E-state index in [1.54, 1.807) is 6.07 Å². The molecule has 0 aliphatic carbocycles. The number of anilines is 1. The second-order valence-corrected chi connectivity index (χ2v) is 8.43. The van der Waals surface area contributed by atoms with Crippen LogP contribution in [0, 0.1) is 5.82 Å². The number of benzene rings is 2. The second kappa shape index (κ2) is 7.95. The predicted molar refractivity (Wildman–Crippen MR) is 120 cm³/mol. The number of nitrogens with zero attached hydrogens (tertiary/aromatic N) is 1. The Bertz CT molecular complexity index is 1030. The van der Waals surface area contributed by atoms with Gasteiger partial charge in [0.15, 0.2) is 0 Å². The largest absolute Gasteiger partial charge is 0.378 e. The van der Waals surface area contributed by atoms with Gasteiger partial charge in [0, 0.05) is 29.4 Å². The molecule has 0 spiro atoms. The third-order valence-electron chi connectivity index (χ3n) is 5.97. The molecule has 0 radical (unpaired) electrons. The first kappa shape index (κ1) is 19.4. The molecule has 0 fully saturated rings. The fraction of sp³-hybridized carbons (Fsp3) is 0.304. The molecule has 5 nitrogen and oxygen atoms in total. The Kier molecular flexibility index (Phi) is 5.15. The van der Waals surface area contributed by atoms with E-state index in [4.69, 9.17) is 11.6 Å². The van der Waals surface area contributed by atoms with Crippen molar-refractivity contribution in [3.05, 3.63) is 75.7 Å². The molecular formula is C23H25ClFN5. The SMILES string of the molecule is CC1=C2c3ccc(C4=CCNCC4)cc3C(Nc3cc(F)cc(Cl)c3)CCN2NN1. The van der Waals surface area contributed by atoms with Crippen molar-refractivity contribution in [2.45, 2.75) is 25.8 Å². The highest BCUT2D eigenvalue weighted by molar-refractivity contribution is 6.30.